The number of benzene rings is 1. The standard InChI is InChI=1S/C24H27NO4S/c1-2-17-5-7-18(8-6-17)16-20(26)11-9-19-10-14-23(27)25(19)15-3-4-21-12-13-22(30-21)24(28)29/h5-9,11-13,19H,2-4,10,14-16H2,1H3,(H,28,29)/b11-9+. The summed E-state index contributed by atoms with van der Waals surface area (Å²) >= 11 is 1.28. The SMILES string of the molecule is CCc1ccc(CC(=O)/C=C/C2CCC(=O)N2CCCc2ccc(C(=O)O)s2)cc1. The highest BCUT2D eigenvalue weighted by molar-refractivity contribution is 7.13. The summed E-state index contributed by atoms with van der Waals surface area (Å²) in [6.45, 7) is 2.71. The van der Waals surface area contributed by atoms with Gasteiger partial charge in [-0.05, 0) is 55.0 Å². The maximum Gasteiger partial charge on any atom is 0.345 e. The van der Waals surface area contributed by atoms with Gasteiger partial charge in [0.05, 0.1) is 6.04 Å². The van der Waals surface area contributed by atoms with Crippen molar-refractivity contribution < 1.29 is 19.5 Å². The van der Waals surface area contributed by atoms with Crippen molar-refractivity contribution >= 4 is 29.0 Å². The Morgan fingerprint density at radius 2 is 1.90 bits per heavy atom. The number of thiophene rings is 1. The first-order valence-corrected chi connectivity index (χ1v) is 11.2. The summed E-state index contributed by atoms with van der Waals surface area (Å²) in [5.74, 6) is -0.750. The second-order valence-corrected chi connectivity index (χ2v) is 8.71. The summed E-state index contributed by atoms with van der Waals surface area (Å²) in [6, 6.07) is 11.5. The van der Waals surface area contributed by atoms with Crippen molar-refractivity contribution in [3.8, 4) is 0 Å². The molecule has 1 amide bonds. The first kappa shape index (κ1) is 22.0. The van der Waals surface area contributed by atoms with Gasteiger partial charge in [-0.3, -0.25) is 9.59 Å². The van der Waals surface area contributed by atoms with E-state index < -0.39 is 5.97 Å². The number of likely N-dealkylation sites (tertiary alicyclic amines) is 1. The minimum Gasteiger partial charge on any atom is -0.477 e. The Balaban J connectivity index is 1.50. The van der Waals surface area contributed by atoms with Crippen molar-refractivity contribution in [3.63, 3.8) is 0 Å². The lowest BCUT2D eigenvalue weighted by Gasteiger charge is -2.22. The van der Waals surface area contributed by atoms with Crippen LogP contribution in [0.25, 0.3) is 0 Å². The second-order valence-electron chi connectivity index (χ2n) is 7.54. The lowest BCUT2D eigenvalue weighted by molar-refractivity contribution is -0.128. The molecule has 1 saturated heterocycles. The Bertz CT molecular complexity index is 929. The van der Waals surface area contributed by atoms with Crippen molar-refractivity contribution in [2.75, 3.05) is 6.54 Å². The van der Waals surface area contributed by atoms with Gasteiger partial charge in [0, 0.05) is 24.3 Å². The van der Waals surface area contributed by atoms with Gasteiger partial charge in [-0.2, -0.15) is 0 Å². The summed E-state index contributed by atoms with van der Waals surface area (Å²) in [7, 11) is 0. The lowest BCUT2D eigenvalue weighted by Crippen LogP contribution is -2.33. The highest BCUT2D eigenvalue weighted by Gasteiger charge is 2.28. The quantitative estimate of drug-likeness (QED) is 0.576. The molecule has 1 unspecified atom stereocenters. The van der Waals surface area contributed by atoms with Crippen LogP contribution in [0.3, 0.4) is 0 Å². The van der Waals surface area contributed by atoms with Crippen molar-refractivity contribution in [2.24, 2.45) is 0 Å². The fourth-order valence-corrected chi connectivity index (χ4v) is 4.56. The Hall–Kier alpha value is -2.73. The number of allylic oxidation sites excluding steroid dienone is 1. The molecule has 1 aliphatic heterocycles. The zero-order chi connectivity index (χ0) is 21.5. The van der Waals surface area contributed by atoms with Crippen molar-refractivity contribution in [3.05, 3.63) is 69.4 Å². The maximum atomic E-state index is 12.3. The molecule has 0 bridgehead atoms. The van der Waals surface area contributed by atoms with Crippen LogP contribution in [-0.4, -0.2) is 40.3 Å². The van der Waals surface area contributed by atoms with Crippen LogP contribution in [0, 0.1) is 0 Å². The third-order valence-corrected chi connectivity index (χ3v) is 6.52. The first-order chi connectivity index (χ1) is 14.5. The van der Waals surface area contributed by atoms with Gasteiger partial charge in [-0.25, -0.2) is 4.79 Å². The number of amides is 1. The van der Waals surface area contributed by atoms with Crippen LogP contribution in [0.1, 0.15) is 51.9 Å². The summed E-state index contributed by atoms with van der Waals surface area (Å²) in [5.41, 5.74) is 2.25. The van der Waals surface area contributed by atoms with E-state index in [0.717, 1.165) is 36.1 Å². The third-order valence-electron chi connectivity index (χ3n) is 5.38. The van der Waals surface area contributed by atoms with Gasteiger partial charge < -0.3 is 10.0 Å². The van der Waals surface area contributed by atoms with Crippen molar-refractivity contribution in [2.45, 2.75) is 51.5 Å². The van der Waals surface area contributed by atoms with Crippen LogP contribution in [0.5, 0.6) is 0 Å². The number of hydrogen-bond acceptors (Lipinski definition) is 4. The number of hydrogen-bond donors (Lipinski definition) is 1. The van der Waals surface area contributed by atoms with Crippen LogP contribution in [0.2, 0.25) is 0 Å². The van der Waals surface area contributed by atoms with Gasteiger partial charge in [0.1, 0.15) is 4.88 Å². The third kappa shape index (κ3) is 5.89. The van der Waals surface area contributed by atoms with Crippen molar-refractivity contribution in [1.29, 1.82) is 0 Å². The second kappa shape index (κ2) is 10.3. The van der Waals surface area contributed by atoms with Gasteiger partial charge in [0.25, 0.3) is 0 Å². The summed E-state index contributed by atoms with van der Waals surface area (Å²) in [6.07, 6.45) is 7.57. The molecule has 6 heteroatoms. The highest BCUT2D eigenvalue weighted by Crippen LogP contribution is 2.22. The summed E-state index contributed by atoms with van der Waals surface area (Å²) < 4.78 is 0. The van der Waals surface area contributed by atoms with Gasteiger partial charge in [-0.1, -0.05) is 37.3 Å². The van der Waals surface area contributed by atoms with Gasteiger partial charge >= 0.3 is 5.97 Å². The minimum absolute atomic E-state index is 0.0400. The average molecular weight is 426 g/mol. The summed E-state index contributed by atoms with van der Waals surface area (Å²) in [5, 5.41) is 9.01. The molecule has 0 aliphatic carbocycles. The minimum atomic E-state index is -0.905. The molecule has 0 spiro atoms. The van der Waals surface area contributed by atoms with Gasteiger partial charge in [0.15, 0.2) is 5.78 Å². The predicted molar refractivity (Wildman–Crippen MR) is 118 cm³/mol. The molecule has 0 radical (unpaired) electrons. The Morgan fingerprint density at radius 1 is 1.17 bits per heavy atom. The number of aryl methyl sites for hydroxylation is 2. The number of carboxylic acid groups (broad SMARTS) is 1. The topological polar surface area (TPSA) is 74.7 Å². The fourth-order valence-electron chi connectivity index (χ4n) is 3.67. The van der Waals surface area contributed by atoms with Crippen LogP contribution in [0.15, 0.2) is 48.6 Å². The fraction of sp³-hybridized carbons (Fsp3) is 0.375. The Morgan fingerprint density at radius 3 is 2.57 bits per heavy atom. The van der Waals surface area contributed by atoms with Crippen LogP contribution < -0.4 is 0 Å². The molecule has 158 valence electrons. The van der Waals surface area contributed by atoms with E-state index in [2.05, 4.69) is 19.1 Å². The molecule has 1 fully saturated rings. The lowest BCUT2D eigenvalue weighted by atomic mass is 10.0. The van der Waals surface area contributed by atoms with E-state index in [1.54, 1.807) is 12.1 Å². The summed E-state index contributed by atoms with van der Waals surface area (Å²) in [4.78, 5) is 38.7. The number of rotatable bonds is 10. The van der Waals surface area contributed by atoms with Crippen LogP contribution in [0.4, 0.5) is 0 Å². The van der Waals surface area contributed by atoms with Crippen LogP contribution >= 0.6 is 11.3 Å². The van der Waals surface area contributed by atoms with E-state index in [1.165, 1.54) is 16.9 Å². The largest absolute Gasteiger partial charge is 0.477 e. The Kier molecular flexibility index (Phi) is 7.57. The smallest absolute Gasteiger partial charge is 0.345 e. The van der Waals surface area contributed by atoms with E-state index in [1.807, 2.05) is 29.2 Å². The van der Waals surface area contributed by atoms with Crippen molar-refractivity contribution in [1.82, 2.24) is 4.90 Å². The zero-order valence-electron chi connectivity index (χ0n) is 17.2. The monoisotopic (exact) mass is 425 g/mol. The number of carboxylic acids is 1. The molecule has 1 atom stereocenters. The molecular formula is C24H27NO4S. The molecule has 1 aromatic heterocycles. The van der Waals surface area contributed by atoms with Crippen LogP contribution in [-0.2, 0) is 28.9 Å². The first-order valence-electron chi connectivity index (χ1n) is 10.4. The molecule has 1 N–H and O–H groups in total. The number of nitrogens with zero attached hydrogens (tertiary/aromatic N) is 1. The highest BCUT2D eigenvalue weighted by atomic mass is 32.1. The molecule has 1 aliphatic rings. The van der Waals surface area contributed by atoms with E-state index in [4.69, 9.17) is 5.11 Å². The molecule has 0 saturated carbocycles. The van der Waals surface area contributed by atoms with E-state index in [0.29, 0.717) is 24.3 Å². The van der Waals surface area contributed by atoms with E-state index in [-0.39, 0.29) is 17.7 Å². The van der Waals surface area contributed by atoms with Gasteiger partial charge in [-0.15, -0.1) is 11.3 Å². The number of carbonyl (C=O) groups excluding carboxylic acids is 2. The molecule has 2 aromatic rings. The predicted octanol–water partition coefficient (Wildman–Crippen LogP) is 4.30. The van der Waals surface area contributed by atoms with E-state index >= 15 is 0 Å². The maximum absolute atomic E-state index is 12.3. The number of carbonyl (C=O) groups is 3. The molecule has 2 heterocycles. The number of aromatic carboxylic acids is 1. The zero-order valence-corrected chi connectivity index (χ0v) is 18.0. The molecule has 30 heavy (non-hydrogen) atoms. The van der Waals surface area contributed by atoms with Gasteiger partial charge in [0.2, 0.25) is 5.91 Å². The Labute approximate surface area is 181 Å². The molecule has 5 nitrogen and oxygen atoms in total. The molecule has 1 aromatic carbocycles. The number of ketones is 1. The molecule has 3 rings (SSSR count). The average Bonchev–Trinajstić information content (AvgIpc) is 3.34. The van der Waals surface area contributed by atoms with E-state index in [9.17, 15) is 14.4 Å². The molecular weight excluding hydrogens is 398 g/mol. The normalized spacial score (nSPS) is 16.5.